The van der Waals surface area contributed by atoms with Crippen molar-refractivity contribution in [1.82, 2.24) is 20.0 Å². The van der Waals surface area contributed by atoms with Crippen LogP contribution >= 0.6 is 0 Å². The van der Waals surface area contributed by atoms with E-state index < -0.39 is 0 Å². The van der Waals surface area contributed by atoms with Crippen LogP contribution in [0.1, 0.15) is 57.8 Å². The van der Waals surface area contributed by atoms with Crippen LogP contribution in [0.3, 0.4) is 0 Å². The van der Waals surface area contributed by atoms with E-state index in [-0.39, 0.29) is 41.4 Å². The molecule has 0 spiro atoms. The van der Waals surface area contributed by atoms with Gasteiger partial charge in [-0.2, -0.15) is 0 Å². The van der Waals surface area contributed by atoms with Crippen LogP contribution in [0.25, 0.3) is 0 Å². The summed E-state index contributed by atoms with van der Waals surface area (Å²) in [6, 6.07) is 4.33. The van der Waals surface area contributed by atoms with E-state index in [0.717, 1.165) is 0 Å². The first-order valence-corrected chi connectivity index (χ1v) is 9.49. The van der Waals surface area contributed by atoms with E-state index in [1.165, 1.54) is 11.0 Å². The van der Waals surface area contributed by atoms with E-state index >= 15 is 0 Å². The van der Waals surface area contributed by atoms with E-state index in [2.05, 4.69) is 5.32 Å². The Hall–Kier alpha value is -2.90. The monoisotopic (exact) mass is 386 g/mol. The zero-order valence-corrected chi connectivity index (χ0v) is 16.7. The van der Waals surface area contributed by atoms with E-state index in [4.69, 9.17) is 0 Å². The molecule has 2 aliphatic heterocycles. The Morgan fingerprint density at radius 2 is 1.68 bits per heavy atom. The molecule has 5 amide bonds. The normalized spacial score (nSPS) is 17.2. The highest BCUT2D eigenvalue weighted by atomic mass is 16.2. The summed E-state index contributed by atoms with van der Waals surface area (Å²) in [4.78, 5) is 54.0. The molecule has 0 unspecified atom stereocenters. The highest BCUT2D eigenvalue weighted by Crippen LogP contribution is 2.26. The van der Waals surface area contributed by atoms with Crippen LogP contribution in [-0.2, 0) is 0 Å². The van der Waals surface area contributed by atoms with E-state index in [1.807, 2.05) is 0 Å². The number of fused-ring (bicyclic) bond motifs is 1. The molecule has 0 radical (unpaired) electrons. The van der Waals surface area contributed by atoms with Crippen LogP contribution in [0.15, 0.2) is 18.2 Å². The van der Waals surface area contributed by atoms with Gasteiger partial charge in [0.25, 0.3) is 17.7 Å². The van der Waals surface area contributed by atoms with E-state index in [1.54, 1.807) is 49.9 Å². The van der Waals surface area contributed by atoms with Gasteiger partial charge in [0.2, 0.25) is 0 Å². The van der Waals surface area contributed by atoms with Gasteiger partial charge < -0.3 is 15.1 Å². The van der Waals surface area contributed by atoms with Crippen LogP contribution in [0.4, 0.5) is 4.79 Å². The molecule has 1 aromatic rings. The number of hydrogen-bond donors (Lipinski definition) is 1. The number of benzene rings is 1. The van der Waals surface area contributed by atoms with Crippen LogP contribution in [0.2, 0.25) is 0 Å². The third-order valence-electron chi connectivity index (χ3n) is 5.18. The van der Waals surface area contributed by atoms with Crippen molar-refractivity contribution in [3.63, 3.8) is 0 Å². The fourth-order valence-electron chi connectivity index (χ4n) is 3.64. The number of carbonyl (C=O) groups excluding carboxylic acids is 4. The summed E-state index contributed by atoms with van der Waals surface area (Å²) in [6.07, 6.45) is 1.35. The maximum Gasteiger partial charge on any atom is 0.319 e. The molecule has 0 bridgehead atoms. The predicted molar refractivity (Wildman–Crippen MR) is 103 cm³/mol. The second-order valence-electron chi connectivity index (χ2n) is 7.75. The molecule has 1 saturated heterocycles. The van der Waals surface area contributed by atoms with Crippen LogP contribution in [-0.4, -0.2) is 77.7 Å². The molecule has 0 aromatic heterocycles. The van der Waals surface area contributed by atoms with Crippen molar-refractivity contribution in [2.45, 2.75) is 38.8 Å². The van der Waals surface area contributed by atoms with Crippen LogP contribution in [0.5, 0.6) is 0 Å². The summed E-state index contributed by atoms with van der Waals surface area (Å²) in [5.41, 5.74) is 0.973. The average molecular weight is 386 g/mol. The lowest BCUT2D eigenvalue weighted by Crippen LogP contribution is -2.49. The minimum atomic E-state index is -0.361. The van der Waals surface area contributed by atoms with E-state index in [0.29, 0.717) is 37.1 Å². The van der Waals surface area contributed by atoms with Gasteiger partial charge >= 0.3 is 6.03 Å². The Morgan fingerprint density at radius 3 is 2.25 bits per heavy atom. The molecular weight excluding hydrogens is 360 g/mol. The van der Waals surface area contributed by atoms with Crippen molar-refractivity contribution in [3.05, 3.63) is 34.9 Å². The summed E-state index contributed by atoms with van der Waals surface area (Å²) in [6.45, 7) is 4.73. The van der Waals surface area contributed by atoms with Crippen molar-refractivity contribution in [2.24, 2.45) is 0 Å². The maximum absolute atomic E-state index is 12.6. The van der Waals surface area contributed by atoms with Gasteiger partial charge in [-0.05, 0) is 44.9 Å². The number of nitrogens with zero attached hydrogens (tertiary/aromatic N) is 3. The molecule has 0 aliphatic carbocycles. The molecule has 1 fully saturated rings. The van der Waals surface area contributed by atoms with Gasteiger partial charge in [-0.15, -0.1) is 0 Å². The minimum absolute atomic E-state index is 0.0266. The SMILES string of the molecule is CC(C)N1C(=O)c2ccc(C(=O)NC3CCN(C(=O)N(C)C)CC3)cc2C1=O. The molecule has 1 N–H and O–H groups in total. The highest BCUT2D eigenvalue weighted by Gasteiger charge is 2.37. The zero-order valence-electron chi connectivity index (χ0n) is 16.7. The summed E-state index contributed by atoms with van der Waals surface area (Å²) in [5, 5.41) is 2.97. The number of carbonyl (C=O) groups is 4. The third kappa shape index (κ3) is 3.58. The Kier molecular flexibility index (Phi) is 5.40. The average Bonchev–Trinajstić information content (AvgIpc) is 2.91. The molecule has 1 aromatic carbocycles. The topological polar surface area (TPSA) is 90.0 Å². The number of urea groups is 1. The van der Waals surface area contributed by atoms with Crippen molar-refractivity contribution in [1.29, 1.82) is 0 Å². The van der Waals surface area contributed by atoms with Gasteiger partial charge in [0.05, 0.1) is 11.1 Å². The molecule has 8 nitrogen and oxygen atoms in total. The summed E-state index contributed by atoms with van der Waals surface area (Å²) in [5.74, 6) is -0.955. The lowest BCUT2D eigenvalue weighted by atomic mass is 10.0. The predicted octanol–water partition coefficient (Wildman–Crippen LogP) is 1.57. The van der Waals surface area contributed by atoms with Crippen molar-refractivity contribution in [2.75, 3.05) is 27.2 Å². The Labute approximate surface area is 164 Å². The quantitative estimate of drug-likeness (QED) is 0.799. The van der Waals surface area contributed by atoms with Gasteiger partial charge in [0.1, 0.15) is 0 Å². The van der Waals surface area contributed by atoms with Gasteiger partial charge in [-0.25, -0.2) is 4.79 Å². The Balaban J connectivity index is 1.65. The first-order chi connectivity index (χ1) is 13.2. The highest BCUT2D eigenvalue weighted by molar-refractivity contribution is 6.22. The van der Waals surface area contributed by atoms with Gasteiger partial charge in [0, 0.05) is 44.8 Å². The molecule has 2 aliphatic rings. The number of amides is 5. The van der Waals surface area contributed by atoms with Crippen molar-refractivity contribution >= 4 is 23.8 Å². The second kappa shape index (κ2) is 7.61. The standard InChI is InChI=1S/C20H26N4O4/c1-12(2)24-18(26)15-6-5-13(11-16(15)19(24)27)17(25)21-14-7-9-23(10-8-14)20(28)22(3)4/h5-6,11-12,14H,7-10H2,1-4H3,(H,21,25). The Morgan fingerprint density at radius 1 is 1.07 bits per heavy atom. The summed E-state index contributed by atoms with van der Waals surface area (Å²) < 4.78 is 0. The third-order valence-corrected chi connectivity index (χ3v) is 5.18. The van der Waals surface area contributed by atoms with Crippen molar-refractivity contribution < 1.29 is 19.2 Å². The van der Waals surface area contributed by atoms with Gasteiger partial charge in [0.15, 0.2) is 0 Å². The lowest BCUT2D eigenvalue weighted by molar-refractivity contribution is 0.0608. The van der Waals surface area contributed by atoms with Crippen LogP contribution < -0.4 is 5.32 Å². The first-order valence-electron chi connectivity index (χ1n) is 9.49. The fourth-order valence-corrected chi connectivity index (χ4v) is 3.64. The molecule has 3 rings (SSSR count). The van der Waals surface area contributed by atoms with Crippen molar-refractivity contribution in [3.8, 4) is 0 Å². The number of likely N-dealkylation sites (tertiary alicyclic amines) is 1. The first kappa shape index (κ1) is 19.9. The number of nitrogens with one attached hydrogen (secondary N) is 1. The molecule has 2 heterocycles. The van der Waals surface area contributed by atoms with Crippen LogP contribution in [0, 0.1) is 0 Å². The summed E-state index contributed by atoms with van der Waals surface area (Å²) in [7, 11) is 3.44. The van der Waals surface area contributed by atoms with Gasteiger partial charge in [-0.1, -0.05) is 0 Å². The second-order valence-corrected chi connectivity index (χ2v) is 7.75. The van der Waals surface area contributed by atoms with Gasteiger partial charge in [-0.3, -0.25) is 19.3 Å². The number of piperidine rings is 1. The maximum atomic E-state index is 12.6. The minimum Gasteiger partial charge on any atom is -0.349 e. The zero-order chi connectivity index (χ0) is 20.6. The smallest absolute Gasteiger partial charge is 0.319 e. The van der Waals surface area contributed by atoms with E-state index in [9.17, 15) is 19.2 Å². The number of imide groups is 1. The summed E-state index contributed by atoms with van der Waals surface area (Å²) >= 11 is 0. The lowest BCUT2D eigenvalue weighted by Gasteiger charge is -2.33. The molecule has 28 heavy (non-hydrogen) atoms. The largest absolute Gasteiger partial charge is 0.349 e. The molecular formula is C20H26N4O4. The molecule has 0 saturated carbocycles. The fraction of sp³-hybridized carbons (Fsp3) is 0.500. The number of hydrogen-bond acceptors (Lipinski definition) is 4. The Bertz CT molecular complexity index is 825. The molecule has 8 heteroatoms. The molecule has 0 atom stereocenters. The number of rotatable bonds is 3. The molecule has 150 valence electrons.